The third kappa shape index (κ3) is 3.88. The van der Waals surface area contributed by atoms with Gasteiger partial charge in [-0.05, 0) is 110 Å². The third-order valence-corrected chi connectivity index (χ3v) is 11.1. The molecule has 4 aliphatic carbocycles. The van der Waals surface area contributed by atoms with E-state index in [-0.39, 0.29) is 6.10 Å². The van der Waals surface area contributed by atoms with Gasteiger partial charge in [0.25, 0.3) is 6.47 Å². The minimum Gasteiger partial charge on any atom is -0.465 e. The van der Waals surface area contributed by atoms with Gasteiger partial charge in [-0.25, -0.2) is 0 Å². The Kier molecular flexibility index (Phi) is 6.63. The van der Waals surface area contributed by atoms with E-state index in [1.807, 2.05) is 0 Å². The lowest BCUT2D eigenvalue weighted by molar-refractivity contribution is -0.151. The molecule has 0 spiro atoms. The number of fused-ring (bicyclic) bond motifs is 5. The molecule has 172 valence electrons. The van der Waals surface area contributed by atoms with Gasteiger partial charge in [0, 0.05) is 0 Å². The average molecular weight is 417 g/mol. The number of hydrogen-bond donors (Lipinski definition) is 0. The fourth-order valence-corrected chi connectivity index (χ4v) is 9.45. The monoisotopic (exact) mass is 416 g/mol. The van der Waals surface area contributed by atoms with Crippen LogP contribution in [0.5, 0.6) is 0 Å². The SMILES string of the molecule is CC(C)CCCC(C)C1CCC2C3CCC4CC(OC=O)CCC4(C)C3CCC12C. The van der Waals surface area contributed by atoms with Crippen LogP contribution < -0.4 is 0 Å². The van der Waals surface area contributed by atoms with Crippen molar-refractivity contribution in [2.75, 3.05) is 0 Å². The first kappa shape index (κ1) is 22.7. The van der Waals surface area contributed by atoms with Crippen molar-refractivity contribution in [3.63, 3.8) is 0 Å². The summed E-state index contributed by atoms with van der Waals surface area (Å²) in [6.45, 7) is 13.3. The molecule has 0 aromatic rings. The molecule has 0 heterocycles. The van der Waals surface area contributed by atoms with Crippen LogP contribution >= 0.6 is 0 Å². The van der Waals surface area contributed by atoms with Crippen LogP contribution in [0.2, 0.25) is 0 Å². The second-order valence-corrected chi connectivity index (χ2v) is 12.8. The molecule has 2 nitrogen and oxygen atoms in total. The molecule has 4 rings (SSSR count). The van der Waals surface area contributed by atoms with Gasteiger partial charge in [-0.3, -0.25) is 4.79 Å². The summed E-state index contributed by atoms with van der Waals surface area (Å²) >= 11 is 0. The maximum atomic E-state index is 10.9. The van der Waals surface area contributed by atoms with Crippen molar-refractivity contribution < 1.29 is 9.53 Å². The molecule has 0 aromatic carbocycles. The molecule has 9 atom stereocenters. The predicted octanol–water partition coefficient (Wildman–Crippen LogP) is 7.65. The van der Waals surface area contributed by atoms with Crippen molar-refractivity contribution in [2.24, 2.45) is 52.3 Å². The summed E-state index contributed by atoms with van der Waals surface area (Å²) in [5, 5.41) is 0. The number of carbonyl (C=O) groups excluding carboxylic acids is 1. The van der Waals surface area contributed by atoms with Gasteiger partial charge in [0.2, 0.25) is 0 Å². The second-order valence-electron chi connectivity index (χ2n) is 12.8. The maximum Gasteiger partial charge on any atom is 0.293 e. The van der Waals surface area contributed by atoms with Gasteiger partial charge in [0.15, 0.2) is 0 Å². The third-order valence-electron chi connectivity index (χ3n) is 11.1. The molecule has 0 saturated heterocycles. The van der Waals surface area contributed by atoms with Crippen LogP contribution in [-0.4, -0.2) is 12.6 Å². The van der Waals surface area contributed by atoms with E-state index in [1.165, 1.54) is 64.2 Å². The molecule has 2 heteroatoms. The van der Waals surface area contributed by atoms with Crippen LogP contribution in [0.25, 0.3) is 0 Å². The first-order chi connectivity index (χ1) is 14.3. The highest BCUT2D eigenvalue weighted by atomic mass is 16.5. The minimum absolute atomic E-state index is 0.188. The van der Waals surface area contributed by atoms with E-state index in [4.69, 9.17) is 4.74 Å². The largest absolute Gasteiger partial charge is 0.465 e. The second kappa shape index (κ2) is 8.78. The van der Waals surface area contributed by atoms with E-state index in [1.54, 1.807) is 0 Å². The molecular weight excluding hydrogens is 368 g/mol. The Morgan fingerprint density at radius 3 is 2.37 bits per heavy atom. The molecule has 0 N–H and O–H groups in total. The van der Waals surface area contributed by atoms with E-state index < -0.39 is 0 Å². The van der Waals surface area contributed by atoms with Crippen molar-refractivity contribution in [2.45, 2.75) is 118 Å². The summed E-state index contributed by atoms with van der Waals surface area (Å²) < 4.78 is 5.40. The Bertz CT molecular complexity index is 599. The van der Waals surface area contributed by atoms with Crippen LogP contribution in [0.1, 0.15) is 112 Å². The van der Waals surface area contributed by atoms with Crippen LogP contribution in [0.3, 0.4) is 0 Å². The molecule has 0 amide bonds. The minimum atomic E-state index is 0.188. The van der Waals surface area contributed by atoms with Crippen molar-refractivity contribution in [1.29, 1.82) is 0 Å². The zero-order valence-electron chi connectivity index (χ0n) is 20.5. The van der Waals surface area contributed by atoms with E-state index in [0.29, 0.717) is 17.3 Å². The topological polar surface area (TPSA) is 26.3 Å². The normalized spacial score (nSPS) is 46.6. The van der Waals surface area contributed by atoms with Gasteiger partial charge >= 0.3 is 0 Å². The Hall–Kier alpha value is -0.530. The van der Waals surface area contributed by atoms with Crippen molar-refractivity contribution >= 4 is 6.47 Å². The lowest BCUT2D eigenvalue weighted by atomic mass is 9.44. The molecule has 30 heavy (non-hydrogen) atoms. The van der Waals surface area contributed by atoms with Gasteiger partial charge in [-0.15, -0.1) is 0 Å². The van der Waals surface area contributed by atoms with E-state index >= 15 is 0 Å². The van der Waals surface area contributed by atoms with Gasteiger partial charge in [-0.2, -0.15) is 0 Å². The number of ether oxygens (including phenoxy) is 1. The Balaban J connectivity index is 1.44. The fourth-order valence-electron chi connectivity index (χ4n) is 9.45. The van der Waals surface area contributed by atoms with Gasteiger partial charge in [0.1, 0.15) is 6.10 Å². The Morgan fingerprint density at radius 2 is 1.63 bits per heavy atom. The summed E-state index contributed by atoms with van der Waals surface area (Å²) in [6, 6.07) is 0. The Labute approximate surface area is 186 Å². The molecule has 0 aromatic heterocycles. The summed E-state index contributed by atoms with van der Waals surface area (Å²) in [4.78, 5) is 10.9. The average Bonchev–Trinajstić information content (AvgIpc) is 3.05. The molecule has 4 fully saturated rings. The highest BCUT2D eigenvalue weighted by molar-refractivity contribution is 5.37. The van der Waals surface area contributed by atoms with Crippen molar-refractivity contribution in [3.8, 4) is 0 Å². The van der Waals surface area contributed by atoms with E-state index in [2.05, 4.69) is 34.6 Å². The highest BCUT2D eigenvalue weighted by Gasteiger charge is 2.60. The Morgan fingerprint density at radius 1 is 0.900 bits per heavy atom. The highest BCUT2D eigenvalue weighted by Crippen LogP contribution is 2.68. The molecule has 4 aliphatic rings. The van der Waals surface area contributed by atoms with Crippen LogP contribution in [0.15, 0.2) is 0 Å². The number of carbonyl (C=O) groups is 1. The summed E-state index contributed by atoms with van der Waals surface area (Å²) in [6.07, 6.45) is 16.7. The van der Waals surface area contributed by atoms with Crippen LogP contribution in [-0.2, 0) is 9.53 Å². The molecular formula is C28H48O2. The quantitative estimate of drug-likeness (QED) is 0.398. The van der Waals surface area contributed by atoms with Crippen LogP contribution in [0.4, 0.5) is 0 Å². The van der Waals surface area contributed by atoms with E-state index in [9.17, 15) is 4.79 Å². The zero-order chi connectivity index (χ0) is 21.5. The van der Waals surface area contributed by atoms with Crippen molar-refractivity contribution in [3.05, 3.63) is 0 Å². The van der Waals surface area contributed by atoms with E-state index in [0.717, 1.165) is 54.3 Å². The lowest BCUT2D eigenvalue weighted by Gasteiger charge is -2.61. The van der Waals surface area contributed by atoms with Crippen molar-refractivity contribution in [1.82, 2.24) is 0 Å². The molecule has 4 saturated carbocycles. The molecule has 0 radical (unpaired) electrons. The number of rotatable bonds is 7. The summed E-state index contributed by atoms with van der Waals surface area (Å²) in [5.41, 5.74) is 1.09. The van der Waals surface area contributed by atoms with Gasteiger partial charge in [0.05, 0.1) is 0 Å². The maximum absolute atomic E-state index is 10.9. The zero-order valence-corrected chi connectivity index (χ0v) is 20.5. The summed E-state index contributed by atoms with van der Waals surface area (Å²) in [5.74, 6) is 6.32. The first-order valence-corrected chi connectivity index (χ1v) is 13.4. The fraction of sp³-hybridized carbons (Fsp3) is 0.964. The standard InChI is InChI=1S/C28H48O2/c1-19(2)7-6-8-20(3)24-11-12-25-23-10-9-21-17-22(30-18-29)13-15-27(21,4)26(23)14-16-28(24,25)5/h18-26H,6-17H2,1-5H3. The first-order valence-electron chi connectivity index (χ1n) is 13.4. The summed E-state index contributed by atoms with van der Waals surface area (Å²) in [7, 11) is 0. The van der Waals surface area contributed by atoms with Gasteiger partial charge in [-0.1, -0.05) is 53.9 Å². The molecule has 0 bridgehead atoms. The van der Waals surface area contributed by atoms with Crippen LogP contribution in [0, 0.1) is 52.3 Å². The lowest BCUT2D eigenvalue weighted by Crippen LogP contribution is -2.54. The smallest absolute Gasteiger partial charge is 0.293 e. The predicted molar refractivity (Wildman–Crippen MR) is 124 cm³/mol. The van der Waals surface area contributed by atoms with Gasteiger partial charge < -0.3 is 4.74 Å². The molecule has 0 aliphatic heterocycles. The number of hydrogen-bond acceptors (Lipinski definition) is 2. The molecule has 9 unspecified atom stereocenters.